The van der Waals surface area contributed by atoms with Gasteiger partial charge in [-0.2, -0.15) is 0 Å². The summed E-state index contributed by atoms with van der Waals surface area (Å²) in [5.74, 6) is -4.95. The van der Waals surface area contributed by atoms with Gasteiger partial charge in [0, 0.05) is 11.8 Å². The van der Waals surface area contributed by atoms with Gasteiger partial charge in [0.15, 0.2) is 17.5 Å². The van der Waals surface area contributed by atoms with Crippen LogP contribution in [0.1, 0.15) is 22.4 Å². The number of anilines is 1. The normalized spacial score (nSPS) is 11.2. The Hall–Kier alpha value is -3.61. The number of aryl methyl sites for hydroxylation is 3. The van der Waals surface area contributed by atoms with Crippen LogP contribution in [-0.2, 0) is 11.2 Å². The summed E-state index contributed by atoms with van der Waals surface area (Å²) in [5.41, 5.74) is 5.60. The number of halogens is 3. The van der Waals surface area contributed by atoms with Crippen molar-refractivity contribution in [3.05, 3.63) is 88.5 Å². The fraction of sp³-hybridized carbons (Fsp3) is 0.167. The molecule has 0 radical (unpaired) electrons. The van der Waals surface area contributed by atoms with Crippen LogP contribution in [0, 0.1) is 38.2 Å². The van der Waals surface area contributed by atoms with E-state index in [-0.39, 0.29) is 6.42 Å². The smallest absolute Gasteiger partial charge is 0.230 e. The lowest BCUT2D eigenvalue weighted by molar-refractivity contribution is -0.115. The van der Waals surface area contributed by atoms with Crippen molar-refractivity contribution in [2.24, 2.45) is 0 Å². The number of carbonyl (C=O) groups excluding carboxylic acids is 1. The zero-order valence-electron chi connectivity index (χ0n) is 17.3. The Kier molecular flexibility index (Phi) is 5.27. The molecule has 7 heteroatoms. The lowest BCUT2D eigenvalue weighted by Crippen LogP contribution is -2.17. The van der Waals surface area contributed by atoms with Crippen LogP contribution in [0.5, 0.6) is 0 Å². The monoisotopic (exact) mass is 423 g/mol. The van der Waals surface area contributed by atoms with Gasteiger partial charge in [0.25, 0.3) is 0 Å². The summed E-state index contributed by atoms with van der Waals surface area (Å²) in [6.45, 7) is 5.95. The SMILES string of the molecule is Cc1ccn2c(CC(=O)Nc3ccc(F)c(F)c3F)c(-c3ccc(C)c(C)c3)nc2c1. The van der Waals surface area contributed by atoms with Crippen molar-refractivity contribution in [3.8, 4) is 11.3 Å². The molecule has 1 amide bonds. The molecule has 2 aromatic heterocycles. The lowest BCUT2D eigenvalue weighted by atomic mass is 10.0. The van der Waals surface area contributed by atoms with Crippen LogP contribution in [0.3, 0.4) is 0 Å². The van der Waals surface area contributed by atoms with Crippen LogP contribution in [0.4, 0.5) is 18.9 Å². The van der Waals surface area contributed by atoms with Gasteiger partial charge in [0.1, 0.15) is 5.65 Å². The average molecular weight is 423 g/mol. The molecule has 0 spiro atoms. The minimum absolute atomic E-state index is 0.134. The lowest BCUT2D eigenvalue weighted by Gasteiger charge is -2.10. The predicted molar refractivity (Wildman–Crippen MR) is 113 cm³/mol. The highest BCUT2D eigenvalue weighted by Gasteiger charge is 2.20. The molecule has 0 aliphatic carbocycles. The van der Waals surface area contributed by atoms with Crippen LogP contribution in [-0.4, -0.2) is 15.3 Å². The van der Waals surface area contributed by atoms with Gasteiger partial charge in [0.2, 0.25) is 5.91 Å². The number of imidazole rings is 1. The fourth-order valence-corrected chi connectivity index (χ4v) is 3.46. The van der Waals surface area contributed by atoms with E-state index in [1.54, 1.807) is 4.40 Å². The Morgan fingerprint density at radius 2 is 1.74 bits per heavy atom. The van der Waals surface area contributed by atoms with E-state index in [2.05, 4.69) is 5.32 Å². The Labute approximate surface area is 177 Å². The van der Waals surface area contributed by atoms with Gasteiger partial charge in [0.05, 0.1) is 23.5 Å². The van der Waals surface area contributed by atoms with Gasteiger partial charge in [-0.25, -0.2) is 18.2 Å². The van der Waals surface area contributed by atoms with E-state index < -0.39 is 29.0 Å². The second kappa shape index (κ2) is 7.91. The van der Waals surface area contributed by atoms with Crippen LogP contribution < -0.4 is 5.32 Å². The maximum Gasteiger partial charge on any atom is 0.230 e. The van der Waals surface area contributed by atoms with Crippen LogP contribution in [0.15, 0.2) is 48.7 Å². The Morgan fingerprint density at radius 1 is 0.968 bits per heavy atom. The van der Waals surface area contributed by atoms with Gasteiger partial charge in [-0.15, -0.1) is 0 Å². The van der Waals surface area contributed by atoms with E-state index in [1.165, 1.54) is 0 Å². The van der Waals surface area contributed by atoms with Crippen molar-refractivity contribution in [2.75, 3.05) is 5.32 Å². The number of amides is 1. The molecule has 4 rings (SSSR count). The molecule has 0 unspecified atom stereocenters. The highest BCUT2D eigenvalue weighted by Crippen LogP contribution is 2.28. The molecular formula is C24H20F3N3O. The second-order valence-electron chi connectivity index (χ2n) is 7.59. The van der Waals surface area contributed by atoms with Crippen molar-refractivity contribution < 1.29 is 18.0 Å². The molecule has 1 N–H and O–H groups in total. The molecule has 31 heavy (non-hydrogen) atoms. The largest absolute Gasteiger partial charge is 0.323 e. The topological polar surface area (TPSA) is 46.4 Å². The number of nitrogens with one attached hydrogen (secondary N) is 1. The molecule has 0 saturated heterocycles. The molecule has 0 aliphatic heterocycles. The molecule has 0 fully saturated rings. The van der Waals surface area contributed by atoms with Gasteiger partial charge >= 0.3 is 0 Å². The third-order valence-corrected chi connectivity index (χ3v) is 5.30. The summed E-state index contributed by atoms with van der Waals surface area (Å²) in [6, 6.07) is 11.5. The van der Waals surface area contributed by atoms with Gasteiger partial charge in [-0.1, -0.05) is 12.1 Å². The minimum atomic E-state index is -1.63. The highest BCUT2D eigenvalue weighted by molar-refractivity contribution is 5.93. The Bertz CT molecular complexity index is 1330. The number of carbonyl (C=O) groups is 1. The molecule has 0 bridgehead atoms. The van der Waals surface area contributed by atoms with E-state index in [1.807, 2.05) is 57.3 Å². The number of hydrogen-bond donors (Lipinski definition) is 1. The summed E-state index contributed by atoms with van der Waals surface area (Å²) >= 11 is 0. The van der Waals surface area contributed by atoms with Crippen LogP contribution in [0.25, 0.3) is 16.9 Å². The average Bonchev–Trinajstić information content (AvgIpc) is 3.07. The number of hydrogen-bond acceptors (Lipinski definition) is 2. The van der Waals surface area contributed by atoms with Gasteiger partial charge < -0.3 is 9.72 Å². The molecule has 0 saturated carbocycles. The zero-order valence-corrected chi connectivity index (χ0v) is 17.3. The summed E-state index contributed by atoms with van der Waals surface area (Å²) in [7, 11) is 0. The number of rotatable bonds is 4. The van der Waals surface area contributed by atoms with E-state index >= 15 is 0 Å². The first kappa shape index (κ1) is 20.7. The Balaban J connectivity index is 1.74. The number of benzene rings is 2. The molecule has 2 heterocycles. The standard InChI is InChI=1S/C24H20F3N3O/c1-13-8-9-30-19(12-21(31)28-18-7-6-17(25)22(26)23(18)27)24(29-20(30)10-13)16-5-4-14(2)15(3)11-16/h4-11H,12H2,1-3H3,(H,28,31). The van der Waals surface area contributed by atoms with Crippen molar-refractivity contribution in [1.82, 2.24) is 9.38 Å². The quantitative estimate of drug-likeness (QED) is 0.439. The van der Waals surface area contributed by atoms with Crippen molar-refractivity contribution in [3.63, 3.8) is 0 Å². The summed E-state index contributed by atoms with van der Waals surface area (Å²) in [4.78, 5) is 17.4. The van der Waals surface area contributed by atoms with Gasteiger partial charge in [-0.3, -0.25) is 4.79 Å². The maximum absolute atomic E-state index is 14.0. The van der Waals surface area contributed by atoms with E-state index in [4.69, 9.17) is 4.98 Å². The first-order chi connectivity index (χ1) is 14.7. The van der Waals surface area contributed by atoms with Crippen LogP contribution in [0.2, 0.25) is 0 Å². The molecule has 2 aromatic carbocycles. The summed E-state index contributed by atoms with van der Waals surface area (Å²) in [6.07, 6.45) is 1.69. The van der Waals surface area contributed by atoms with Crippen molar-refractivity contribution in [1.29, 1.82) is 0 Å². The molecule has 0 atom stereocenters. The molecular weight excluding hydrogens is 403 g/mol. The maximum atomic E-state index is 14.0. The predicted octanol–water partition coefficient (Wildman–Crippen LogP) is 5.53. The third-order valence-electron chi connectivity index (χ3n) is 5.30. The van der Waals surface area contributed by atoms with E-state index in [0.29, 0.717) is 17.0 Å². The van der Waals surface area contributed by atoms with E-state index in [0.717, 1.165) is 34.4 Å². The molecule has 0 aliphatic rings. The zero-order chi connectivity index (χ0) is 22.3. The first-order valence-corrected chi connectivity index (χ1v) is 9.73. The number of nitrogens with zero attached hydrogens (tertiary/aromatic N) is 2. The van der Waals surface area contributed by atoms with Crippen molar-refractivity contribution in [2.45, 2.75) is 27.2 Å². The highest BCUT2D eigenvalue weighted by atomic mass is 19.2. The second-order valence-corrected chi connectivity index (χ2v) is 7.59. The molecule has 4 aromatic rings. The number of fused-ring (bicyclic) bond motifs is 1. The fourth-order valence-electron chi connectivity index (χ4n) is 3.46. The van der Waals surface area contributed by atoms with Crippen molar-refractivity contribution >= 4 is 17.2 Å². The number of aromatic nitrogens is 2. The molecule has 4 nitrogen and oxygen atoms in total. The minimum Gasteiger partial charge on any atom is -0.323 e. The molecule has 158 valence electrons. The summed E-state index contributed by atoms with van der Waals surface area (Å²) in [5, 5.41) is 2.33. The number of pyridine rings is 1. The van der Waals surface area contributed by atoms with Crippen LogP contribution >= 0.6 is 0 Å². The van der Waals surface area contributed by atoms with E-state index in [9.17, 15) is 18.0 Å². The Morgan fingerprint density at radius 3 is 2.48 bits per heavy atom. The first-order valence-electron chi connectivity index (χ1n) is 9.73. The summed E-state index contributed by atoms with van der Waals surface area (Å²) < 4.78 is 42.5. The third kappa shape index (κ3) is 3.91. The van der Waals surface area contributed by atoms with Gasteiger partial charge in [-0.05, 0) is 67.8 Å².